The van der Waals surface area contributed by atoms with Crippen LogP contribution in [0.25, 0.3) is 0 Å². The van der Waals surface area contributed by atoms with Crippen molar-refractivity contribution in [3.8, 4) is 0 Å². The van der Waals surface area contributed by atoms with E-state index in [1.54, 1.807) is 6.07 Å². The molecule has 20 heavy (non-hydrogen) atoms. The van der Waals surface area contributed by atoms with Crippen molar-refractivity contribution in [1.82, 2.24) is 4.98 Å². The van der Waals surface area contributed by atoms with E-state index in [1.165, 1.54) is 19.0 Å². The molecular formula is C14H20N4O2. The fourth-order valence-corrected chi connectivity index (χ4v) is 3.21. The molecule has 3 rings (SSSR count). The van der Waals surface area contributed by atoms with Crippen LogP contribution in [0.2, 0.25) is 0 Å². The van der Waals surface area contributed by atoms with Crippen LogP contribution in [0.3, 0.4) is 0 Å². The zero-order valence-corrected chi connectivity index (χ0v) is 11.4. The van der Waals surface area contributed by atoms with Crippen molar-refractivity contribution in [2.45, 2.75) is 37.8 Å². The van der Waals surface area contributed by atoms with Crippen LogP contribution in [0.4, 0.5) is 11.5 Å². The Bertz CT molecular complexity index is 518. The molecule has 2 heterocycles. The molecule has 108 valence electrons. The molecule has 1 amide bonds. The number of rotatable bonds is 2. The third-order valence-electron chi connectivity index (χ3n) is 4.21. The molecule has 4 N–H and O–H groups in total. The van der Waals surface area contributed by atoms with Gasteiger partial charge in [-0.1, -0.05) is 12.8 Å². The van der Waals surface area contributed by atoms with E-state index < -0.39 is 5.91 Å². The van der Waals surface area contributed by atoms with Crippen molar-refractivity contribution in [2.75, 3.05) is 23.8 Å². The Morgan fingerprint density at radius 3 is 3.00 bits per heavy atom. The fraction of sp³-hybridized carbons (Fsp3) is 0.571. The average molecular weight is 276 g/mol. The summed E-state index contributed by atoms with van der Waals surface area (Å²) in [5.74, 6) is 0.257. The number of carbonyl (C=O) groups excluding carboxylic acids is 1. The van der Waals surface area contributed by atoms with Crippen LogP contribution in [0.15, 0.2) is 12.3 Å². The van der Waals surface area contributed by atoms with Crippen molar-refractivity contribution >= 4 is 17.4 Å². The second-order valence-corrected chi connectivity index (χ2v) is 5.45. The van der Waals surface area contributed by atoms with E-state index in [1.807, 2.05) is 0 Å². The second kappa shape index (κ2) is 5.28. The van der Waals surface area contributed by atoms with Gasteiger partial charge < -0.3 is 21.1 Å². The summed E-state index contributed by atoms with van der Waals surface area (Å²) < 4.78 is 5.85. The molecule has 1 saturated heterocycles. The van der Waals surface area contributed by atoms with Crippen LogP contribution < -0.4 is 16.4 Å². The Balaban J connectivity index is 1.91. The third kappa shape index (κ3) is 2.31. The number of nitrogen functional groups attached to an aromatic ring is 1. The molecule has 0 radical (unpaired) electrons. The summed E-state index contributed by atoms with van der Waals surface area (Å²) in [7, 11) is 0. The fourth-order valence-electron chi connectivity index (χ4n) is 3.21. The number of ether oxygens (including phenoxy) is 1. The first-order valence-corrected chi connectivity index (χ1v) is 7.10. The van der Waals surface area contributed by atoms with Gasteiger partial charge in [0.2, 0.25) is 0 Å². The number of pyridine rings is 1. The number of hydrogen-bond acceptors (Lipinski definition) is 5. The van der Waals surface area contributed by atoms with Crippen molar-refractivity contribution in [3.63, 3.8) is 0 Å². The van der Waals surface area contributed by atoms with Crippen molar-refractivity contribution < 1.29 is 9.53 Å². The van der Waals surface area contributed by atoms with Gasteiger partial charge in [0, 0.05) is 6.54 Å². The van der Waals surface area contributed by atoms with Gasteiger partial charge in [-0.15, -0.1) is 0 Å². The number of carbonyl (C=O) groups is 1. The zero-order valence-electron chi connectivity index (χ0n) is 11.4. The quantitative estimate of drug-likeness (QED) is 0.837. The highest BCUT2D eigenvalue weighted by molar-refractivity contribution is 5.98. The predicted octanol–water partition coefficient (Wildman–Crippen LogP) is 0.910. The molecule has 0 spiro atoms. The van der Waals surface area contributed by atoms with Crippen LogP contribution in [-0.2, 0) is 4.74 Å². The molecule has 6 nitrogen and oxygen atoms in total. The number of amides is 1. The molecule has 0 bridgehead atoms. The van der Waals surface area contributed by atoms with Crippen LogP contribution >= 0.6 is 0 Å². The Morgan fingerprint density at radius 1 is 1.40 bits per heavy atom. The molecule has 1 aliphatic heterocycles. The lowest BCUT2D eigenvalue weighted by Crippen LogP contribution is -2.53. The lowest BCUT2D eigenvalue weighted by molar-refractivity contribution is -0.00898. The number of nitrogens with two attached hydrogens (primary N) is 2. The summed E-state index contributed by atoms with van der Waals surface area (Å²) in [6.07, 6.45) is 6.41. The number of anilines is 2. The van der Waals surface area contributed by atoms with Gasteiger partial charge in [-0.2, -0.15) is 0 Å². The van der Waals surface area contributed by atoms with Gasteiger partial charge in [0.25, 0.3) is 5.91 Å². The van der Waals surface area contributed by atoms with E-state index in [-0.39, 0.29) is 6.10 Å². The highest BCUT2D eigenvalue weighted by Crippen LogP contribution is 2.31. The molecule has 2 unspecified atom stereocenters. The Labute approximate surface area is 118 Å². The van der Waals surface area contributed by atoms with E-state index in [2.05, 4.69) is 9.88 Å². The largest absolute Gasteiger partial charge is 0.397 e. The molecule has 2 aliphatic rings. The topological polar surface area (TPSA) is 94.5 Å². The van der Waals surface area contributed by atoms with E-state index in [4.69, 9.17) is 16.2 Å². The smallest absolute Gasteiger partial charge is 0.250 e. The Hall–Kier alpha value is -1.82. The number of hydrogen-bond donors (Lipinski definition) is 2. The number of nitrogens with zero attached hydrogens (tertiary/aromatic N) is 2. The van der Waals surface area contributed by atoms with Crippen molar-refractivity contribution in [1.29, 1.82) is 0 Å². The normalized spacial score (nSPS) is 26.1. The maximum Gasteiger partial charge on any atom is 0.250 e. The molecule has 2 fully saturated rings. The molecule has 6 heteroatoms. The van der Waals surface area contributed by atoms with Gasteiger partial charge >= 0.3 is 0 Å². The van der Waals surface area contributed by atoms with Crippen LogP contribution in [0.1, 0.15) is 36.0 Å². The molecule has 1 aromatic heterocycles. The maximum atomic E-state index is 11.4. The molecule has 1 aliphatic carbocycles. The van der Waals surface area contributed by atoms with E-state index in [9.17, 15) is 4.79 Å². The minimum absolute atomic E-state index is 0.272. The number of aromatic nitrogens is 1. The summed E-state index contributed by atoms with van der Waals surface area (Å²) in [6, 6.07) is 2.05. The highest BCUT2D eigenvalue weighted by atomic mass is 16.5. The molecule has 1 saturated carbocycles. The minimum Gasteiger partial charge on any atom is -0.397 e. The third-order valence-corrected chi connectivity index (χ3v) is 4.21. The minimum atomic E-state index is -0.514. The van der Waals surface area contributed by atoms with Crippen molar-refractivity contribution in [2.24, 2.45) is 5.73 Å². The Kier molecular flexibility index (Phi) is 3.48. The number of fused-ring (bicyclic) bond motifs is 1. The van der Waals surface area contributed by atoms with Gasteiger partial charge in [0.15, 0.2) is 0 Å². The Morgan fingerprint density at radius 2 is 2.20 bits per heavy atom. The summed E-state index contributed by atoms with van der Waals surface area (Å²) in [4.78, 5) is 18.0. The summed E-state index contributed by atoms with van der Waals surface area (Å²) in [6.45, 7) is 1.48. The molecule has 2 atom stereocenters. The molecular weight excluding hydrogens is 256 g/mol. The van der Waals surface area contributed by atoms with Gasteiger partial charge in [0.05, 0.1) is 36.2 Å². The molecule has 1 aromatic rings. The first-order valence-electron chi connectivity index (χ1n) is 7.10. The lowest BCUT2D eigenvalue weighted by atomic mass is 9.90. The molecule has 0 aromatic carbocycles. The van der Waals surface area contributed by atoms with E-state index in [0.717, 1.165) is 25.2 Å². The highest BCUT2D eigenvalue weighted by Gasteiger charge is 2.35. The first kappa shape index (κ1) is 13.2. The predicted molar refractivity (Wildman–Crippen MR) is 76.5 cm³/mol. The zero-order chi connectivity index (χ0) is 14.1. The van der Waals surface area contributed by atoms with Gasteiger partial charge in [0.1, 0.15) is 5.82 Å². The van der Waals surface area contributed by atoms with Crippen LogP contribution in [0.5, 0.6) is 0 Å². The first-order chi connectivity index (χ1) is 9.66. The number of primary amides is 1. The maximum absolute atomic E-state index is 11.4. The summed E-state index contributed by atoms with van der Waals surface area (Å²) >= 11 is 0. The SMILES string of the molecule is NC(=O)c1cc(N2CCOC3CCCCC32)ncc1N. The van der Waals surface area contributed by atoms with Crippen LogP contribution in [-0.4, -0.2) is 36.2 Å². The second-order valence-electron chi connectivity index (χ2n) is 5.45. The average Bonchev–Trinajstić information content (AvgIpc) is 2.47. The van der Waals surface area contributed by atoms with Gasteiger partial charge in [-0.25, -0.2) is 4.98 Å². The van der Waals surface area contributed by atoms with Crippen LogP contribution in [0, 0.1) is 0 Å². The van der Waals surface area contributed by atoms with Gasteiger partial charge in [-0.3, -0.25) is 4.79 Å². The summed E-state index contributed by atoms with van der Waals surface area (Å²) in [5, 5.41) is 0. The van der Waals surface area contributed by atoms with E-state index >= 15 is 0 Å². The monoisotopic (exact) mass is 276 g/mol. The standard InChI is InChI=1S/C14H20N4O2/c15-10-8-17-13(7-9(10)14(16)19)18-5-6-20-12-4-2-1-3-11(12)18/h7-8,11-12H,1-6,15H2,(H2,16,19). The lowest BCUT2D eigenvalue weighted by Gasteiger charge is -2.44. The summed E-state index contributed by atoms with van der Waals surface area (Å²) in [5.41, 5.74) is 11.8. The number of morpholine rings is 1. The van der Waals surface area contributed by atoms with E-state index in [0.29, 0.717) is 23.9 Å². The van der Waals surface area contributed by atoms with Crippen molar-refractivity contribution in [3.05, 3.63) is 17.8 Å². The van der Waals surface area contributed by atoms with Gasteiger partial charge in [-0.05, 0) is 18.9 Å².